The summed E-state index contributed by atoms with van der Waals surface area (Å²) in [6.07, 6.45) is 0.670. The highest BCUT2D eigenvalue weighted by Crippen LogP contribution is 1.98. The summed E-state index contributed by atoms with van der Waals surface area (Å²) in [5.74, 6) is 0. The van der Waals surface area contributed by atoms with Crippen molar-refractivity contribution in [3.8, 4) is 0 Å². The summed E-state index contributed by atoms with van der Waals surface area (Å²) in [5.41, 5.74) is -1.56. The number of hydrogen-bond donors (Lipinski definition) is 0. The Morgan fingerprint density at radius 1 is 0.833 bits per heavy atom. The second-order valence-electron chi connectivity index (χ2n) is 4.93. The molecule has 0 atom stereocenters. The Balaban J connectivity index is 3.83. The first-order valence-electron chi connectivity index (χ1n) is 6.30. The van der Waals surface area contributed by atoms with Crippen LogP contribution in [0.3, 0.4) is 0 Å². The third-order valence-corrected chi connectivity index (χ3v) is 2.77. The maximum atomic E-state index is 12.2. The number of nitrogens with zero attached hydrogens (tertiary/aromatic N) is 3. The van der Waals surface area contributed by atoms with Crippen molar-refractivity contribution in [1.82, 2.24) is 13.7 Å². The second kappa shape index (κ2) is 5.37. The second-order valence-corrected chi connectivity index (χ2v) is 4.93. The van der Waals surface area contributed by atoms with E-state index in [1.54, 1.807) is 27.7 Å². The fraction of sp³-hybridized carbons (Fsp3) is 0.750. The topological polar surface area (TPSA) is 66.0 Å². The maximum Gasteiger partial charge on any atom is 0.336 e. The molecule has 1 aromatic rings. The van der Waals surface area contributed by atoms with E-state index in [0.29, 0.717) is 13.0 Å². The molecule has 6 nitrogen and oxygen atoms in total. The Morgan fingerprint density at radius 3 is 1.50 bits per heavy atom. The van der Waals surface area contributed by atoms with Crippen LogP contribution in [0.25, 0.3) is 0 Å². The van der Waals surface area contributed by atoms with E-state index in [1.807, 2.05) is 6.92 Å². The Labute approximate surface area is 105 Å². The first-order chi connectivity index (χ1) is 8.32. The highest BCUT2D eigenvalue weighted by Gasteiger charge is 2.18. The summed E-state index contributed by atoms with van der Waals surface area (Å²) in [7, 11) is 0. The zero-order valence-electron chi connectivity index (χ0n) is 11.6. The summed E-state index contributed by atoms with van der Waals surface area (Å²) in [5, 5.41) is 0. The maximum absolute atomic E-state index is 12.2. The van der Waals surface area contributed by atoms with Crippen LogP contribution in [0, 0.1) is 0 Å². The van der Waals surface area contributed by atoms with Crippen molar-refractivity contribution in [2.75, 3.05) is 0 Å². The summed E-state index contributed by atoms with van der Waals surface area (Å²) < 4.78 is 3.41. The van der Waals surface area contributed by atoms with Crippen LogP contribution in [0.2, 0.25) is 0 Å². The van der Waals surface area contributed by atoms with Gasteiger partial charge in [-0.3, -0.25) is 0 Å². The minimum atomic E-state index is -0.526. The molecule has 102 valence electrons. The van der Waals surface area contributed by atoms with Gasteiger partial charge in [-0.2, -0.15) is 0 Å². The zero-order valence-corrected chi connectivity index (χ0v) is 11.6. The van der Waals surface area contributed by atoms with Crippen LogP contribution in [0.1, 0.15) is 53.1 Å². The van der Waals surface area contributed by atoms with Crippen molar-refractivity contribution >= 4 is 0 Å². The number of aromatic nitrogens is 3. The SMILES string of the molecule is CCCn1c(=O)n(C(C)C)c(=O)n(C(C)C)c1=O. The van der Waals surface area contributed by atoms with Crippen LogP contribution < -0.4 is 17.1 Å². The molecular formula is C12H21N3O3. The van der Waals surface area contributed by atoms with Gasteiger partial charge in [0.25, 0.3) is 0 Å². The fourth-order valence-electron chi connectivity index (χ4n) is 1.92. The molecule has 0 amide bonds. The Morgan fingerprint density at radius 2 is 1.22 bits per heavy atom. The van der Waals surface area contributed by atoms with Crippen LogP contribution in [0.4, 0.5) is 0 Å². The van der Waals surface area contributed by atoms with Gasteiger partial charge < -0.3 is 0 Å². The van der Waals surface area contributed by atoms with Crippen LogP contribution in [-0.4, -0.2) is 13.7 Å². The molecule has 0 aliphatic carbocycles. The molecule has 0 spiro atoms. The first-order valence-corrected chi connectivity index (χ1v) is 6.30. The van der Waals surface area contributed by atoms with Gasteiger partial charge in [0.1, 0.15) is 0 Å². The van der Waals surface area contributed by atoms with Gasteiger partial charge in [0.2, 0.25) is 0 Å². The van der Waals surface area contributed by atoms with Crippen LogP contribution >= 0.6 is 0 Å². The van der Waals surface area contributed by atoms with Crippen LogP contribution in [-0.2, 0) is 6.54 Å². The van der Waals surface area contributed by atoms with E-state index in [9.17, 15) is 14.4 Å². The van der Waals surface area contributed by atoms with Crippen molar-refractivity contribution in [2.24, 2.45) is 0 Å². The van der Waals surface area contributed by atoms with E-state index in [4.69, 9.17) is 0 Å². The first kappa shape index (κ1) is 14.5. The van der Waals surface area contributed by atoms with E-state index >= 15 is 0 Å². The molecule has 18 heavy (non-hydrogen) atoms. The van der Waals surface area contributed by atoms with Crippen LogP contribution in [0.5, 0.6) is 0 Å². The lowest BCUT2D eigenvalue weighted by molar-refractivity contribution is 0.395. The van der Waals surface area contributed by atoms with Crippen molar-refractivity contribution in [3.63, 3.8) is 0 Å². The molecule has 0 N–H and O–H groups in total. The van der Waals surface area contributed by atoms with Gasteiger partial charge in [0.15, 0.2) is 0 Å². The van der Waals surface area contributed by atoms with Crippen molar-refractivity contribution in [2.45, 2.75) is 59.7 Å². The Kier molecular flexibility index (Phi) is 4.32. The predicted molar refractivity (Wildman–Crippen MR) is 70.3 cm³/mol. The normalized spacial score (nSPS) is 11.5. The molecule has 0 aliphatic rings. The molecule has 0 saturated heterocycles. The molecule has 0 saturated carbocycles. The summed E-state index contributed by atoms with van der Waals surface area (Å²) >= 11 is 0. The molecule has 0 bridgehead atoms. The molecule has 0 aliphatic heterocycles. The lowest BCUT2D eigenvalue weighted by Gasteiger charge is -2.17. The van der Waals surface area contributed by atoms with Crippen molar-refractivity contribution < 1.29 is 0 Å². The quantitative estimate of drug-likeness (QED) is 0.797. The molecule has 0 fully saturated rings. The van der Waals surface area contributed by atoms with Gasteiger partial charge in [0.05, 0.1) is 0 Å². The minimum absolute atomic E-state index is 0.265. The number of hydrogen-bond acceptors (Lipinski definition) is 3. The van der Waals surface area contributed by atoms with E-state index in [2.05, 4.69) is 0 Å². The third kappa shape index (κ3) is 2.32. The average molecular weight is 255 g/mol. The molecule has 0 radical (unpaired) electrons. The molecule has 6 heteroatoms. The smallest absolute Gasteiger partial charge is 0.247 e. The van der Waals surface area contributed by atoms with Crippen molar-refractivity contribution in [3.05, 3.63) is 31.5 Å². The van der Waals surface area contributed by atoms with Crippen LogP contribution in [0.15, 0.2) is 14.4 Å². The van der Waals surface area contributed by atoms with Gasteiger partial charge >= 0.3 is 17.1 Å². The van der Waals surface area contributed by atoms with Gasteiger partial charge in [-0.25, -0.2) is 28.1 Å². The molecule has 1 heterocycles. The average Bonchev–Trinajstić information content (AvgIpc) is 2.23. The highest BCUT2D eigenvalue weighted by molar-refractivity contribution is 4.82. The molecule has 1 rings (SSSR count). The minimum Gasteiger partial charge on any atom is -0.247 e. The molecule has 1 aromatic heterocycles. The van der Waals surface area contributed by atoms with E-state index in [0.717, 1.165) is 13.7 Å². The van der Waals surface area contributed by atoms with Gasteiger partial charge in [-0.15, -0.1) is 0 Å². The Hall–Kier alpha value is -1.59. The third-order valence-electron chi connectivity index (χ3n) is 2.77. The van der Waals surface area contributed by atoms with Gasteiger partial charge in [-0.1, -0.05) is 6.92 Å². The molecule has 0 aromatic carbocycles. The van der Waals surface area contributed by atoms with E-state index in [-0.39, 0.29) is 12.1 Å². The van der Waals surface area contributed by atoms with E-state index in [1.165, 1.54) is 0 Å². The highest BCUT2D eigenvalue weighted by atomic mass is 16.2. The lowest BCUT2D eigenvalue weighted by Crippen LogP contribution is -2.55. The van der Waals surface area contributed by atoms with Gasteiger partial charge in [0, 0.05) is 18.6 Å². The standard InChI is InChI=1S/C12H21N3O3/c1-6-7-13-10(16)14(8(2)3)12(18)15(9(4)5)11(13)17/h8-9H,6-7H2,1-5H3. The predicted octanol–water partition coefficient (Wildman–Crippen LogP) is 0.743. The monoisotopic (exact) mass is 255 g/mol. The number of rotatable bonds is 4. The summed E-state index contributed by atoms with van der Waals surface area (Å²) in [6, 6.07) is -0.530. The van der Waals surface area contributed by atoms with Gasteiger partial charge in [-0.05, 0) is 34.1 Å². The van der Waals surface area contributed by atoms with Crippen molar-refractivity contribution in [1.29, 1.82) is 0 Å². The zero-order chi connectivity index (χ0) is 14.0. The summed E-state index contributed by atoms with van der Waals surface area (Å²) in [4.78, 5) is 36.4. The molecular weight excluding hydrogens is 234 g/mol. The Bertz CT molecular complexity index is 544. The fourth-order valence-corrected chi connectivity index (χ4v) is 1.92. The van der Waals surface area contributed by atoms with E-state index < -0.39 is 17.1 Å². The lowest BCUT2D eigenvalue weighted by atomic mass is 10.3. The summed E-state index contributed by atoms with van der Waals surface area (Å²) in [6.45, 7) is 9.25. The largest absolute Gasteiger partial charge is 0.336 e. The molecule has 0 unspecified atom stereocenters.